The molecular weight excluding hydrogens is 490 g/mol. The first kappa shape index (κ1) is 22.3. The molecule has 1 heterocycles. The van der Waals surface area contributed by atoms with Gasteiger partial charge in [0.15, 0.2) is 0 Å². The SMILES string of the molecule is Cc1cccc(N(c2cc3c4ccccc4ccc3c3ccccc23)c2cccc3c2sc2ccccc23)c1. The fraction of sp³-hybridized carbons (Fsp3) is 0.0270. The quantitative estimate of drug-likeness (QED) is 0.212. The summed E-state index contributed by atoms with van der Waals surface area (Å²) in [6, 6.07) is 48.9. The van der Waals surface area contributed by atoms with Gasteiger partial charge in [-0.25, -0.2) is 0 Å². The number of rotatable bonds is 3. The van der Waals surface area contributed by atoms with Crippen molar-refractivity contribution in [1.29, 1.82) is 0 Å². The van der Waals surface area contributed by atoms with E-state index in [1.807, 2.05) is 11.3 Å². The Morgan fingerprint density at radius 3 is 2.03 bits per heavy atom. The molecule has 0 saturated carbocycles. The molecule has 0 atom stereocenters. The predicted molar refractivity (Wildman–Crippen MR) is 171 cm³/mol. The number of benzene rings is 7. The molecule has 0 aliphatic carbocycles. The van der Waals surface area contributed by atoms with Gasteiger partial charge >= 0.3 is 0 Å². The van der Waals surface area contributed by atoms with Crippen LogP contribution in [0.4, 0.5) is 17.1 Å². The first-order valence-electron chi connectivity index (χ1n) is 13.4. The second-order valence-corrected chi connectivity index (χ2v) is 11.3. The molecule has 8 rings (SSSR count). The highest BCUT2D eigenvalue weighted by Gasteiger charge is 2.21. The van der Waals surface area contributed by atoms with Crippen LogP contribution in [0.2, 0.25) is 0 Å². The molecule has 1 nitrogen and oxygen atoms in total. The maximum Gasteiger partial charge on any atom is 0.0640 e. The summed E-state index contributed by atoms with van der Waals surface area (Å²) < 4.78 is 2.63. The molecule has 0 saturated heterocycles. The van der Waals surface area contributed by atoms with Crippen molar-refractivity contribution in [3.63, 3.8) is 0 Å². The second kappa shape index (κ2) is 8.69. The number of hydrogen-bond acceptors (Lipinski definition) is 2. The maximum atomic E-state index is 2.48. The van der Waals surface area contributed by atoms with Crippen LogP contribution in [0.15, 0.2) is 133 Å². The van der Waals surface area contributed by atoms with Gasteiger partial charge in [0.05, 0.1) is 16.1 Å². The van der Waals surface area contributed by atoms with Crippen LogP contribution in [-0.2, 0) is 0 Å². The van der Waals surface area contributed by atoms with Crippen LogP contribution >= 0.6 is 11.3 Å². The minimum Gasteiger partial charge on any atom is -0.308 e. The van der Waals surface area contributed by atoms with Gasteiger partial charge in [-0.2, -0.15) is 0 Å². The highest BCUT2D eigenvalue weighted by atomic mass is 32.1. The number of nitrogens with zero attached hydrogens (tertiary/aromatic N) is 1. The largest absolute Gasteiger partial charge is 0.308 e. The molecule has 8 aromatic rings. The van der Waals surface area contributed by atoms with Gasteiger partial charge in [-0.05, 0) is 69.8 Å². The van der Waals surface area contributed by atoms with Gasteiger partial charge in [0.1, 0.15) is 0 Å². The Balaban J connectivity index is 1.54. The lowest BCUT2D eigenvalue weighted by Crippen LogP contribution is -2.11. The first-order chi connectivity index (χ1) is 19.3. The molecular formula is C37H25NS. The third-order valence-corrected chi connectivity index (χ3v) is 9.08. The monoisotopic (exact) mass is 515 g/mol. The summed E-state index contributed by atoms with van der Waals surface area (Å²) in [6.45, 7) is 2.17. The van der Waals surface area contributed by atoms with Gasteiger partial charge in [-0.15, -0.1) is 11.3 Å². The zero-order chi connectivity index (χ0) is 25.9. The van der Waals surface area contributed by atoms with Crippen molar-refractivity contribution < 1.29 is 0 Å². The van der Waals surface area contributed by atoms with Gasteiger partial charge < -0.3 is 4.90 Å². The Hall–Kier alpha value is -4.66. The van der Waals surface area contributed by atoms with Crippen LogP contribution in [0.3, 0.4) is 0 Å². The summed E-state index contributed by atoms with van der Waals surface area (Å²) >= 11 is 1.88. The smallest absolute Gasteiger partial charge is 0.0640 e. The van der Waals surface area contributed by atoms with Crippen molar-refractivity contribution in [2.24, 2.45) is 0 Å². The van der Waals surface area contributed by atoms with Crippen LogP contribution < -0.4 is 4.90 Å². The molecule has 0 spiro atoms. The fourth-order valence-corrected chi connectivity index (χ4v) is 7.32. The van der Waals surface area contributed by atoms with Crippen molar-refractivity contribution in [2.45, 2.75) is 6.92 Å². The molecule has 0 unspecified atom stereocenters. The van der Waals surface area contributed by atoms with Crippen LogP contribution in [-0.4, -0.2) is 0 Å². The Morgan fingerprint density at radius 1 is 0.462 bits per heavy atom. The van der Waals surface area contributed by atoms with Crippen LogP contribution in [0.1, 0.15) is 5.56 Å². The van der Waals surface area contributed by atoms with Crippen molar-refractivity contribution in [2.75, 3.05) is 4.90 Å². The molecule has 0 N–H and O–H groups in total. The third-order valence-electron chi connectivity index (χ3n) is 7.87. The molecule has 0 radical (unpaired) electrons. The van der Waals surface area contributed by atoms with E-state index in [0.29, 0.717) is 0 Å². The Morgan fingerprint density at radius 2 is 1.15 bits per heavy atom. The van der Waals surface area contributed by atoms with Gasteiger partial charge in [0.2, 0.25) is 0 Å². The normalized spacial score (nSPS) is 11.7. The average Bonchev–Trinajstić information content (AvgIpc) is 3.37. The number of aryl methyl sites for hydroxylation is 1. The van der Waals surface area contributed by atoms with Crippen LogP contribution in [0, 0.1) is 6.92 Å². The highest BCUT2D eigenvalue weighted by Crippen LogP contribution is 2.48. The standard InChI is InChI=1S/C37H25NS/c1-24-10-8-12-26(22-24)38(34-18-9-17-32-31-16-6-7-19-36(31)39-37(32)34)35-23-33-27-13-3-2-11-25(27)20-21-29(33)28-14-4-5-15-30(28)35/h2-23H,1H3. The van der Waals surface area contributed by atoms with Crippen molar-refractivity contribution in [1.82, 2.24) is 0 Å². The number of anilines is 3. The van der Waals surface area contributed by atoms with Crippen molar-refractivity contribution in [3.05, 3.63) is 139 Å². The molecule has 1 aromatic heterocycles. The van der Waals surface area contributed by atoms with E-state index in [1.54, 1.807) is 0 Å². The average molecular weight is 516 g/mol. The summed E-state index contributed by atoms with van der Waals surface area (Å²) in [5, 5.41) is 10.3. The zero-order valence-electron chi connectivity index (χ0n) is 21.6. The molecule has 0 bridgehead atoms. The van der Waals surface area contributed by atoms with Crippen LogP contribution in [0.25, 0.3) is 52.5 Å². The Labute approximate surface area is 231 Å². The third kappa shape index (κ3) is 3.46. The van der Waals surface area contributed by atoms with E-state index >= 15 is 0 Å². The van der Waals surface area contributed by atoms with E-state index < -0.39 is 0 Å². The van der Waals surface area contributed by atoms with Gasteiger partial charge in [-0.3, -0.25) is 0 Å². The maximum absolute atomic E-state index is 2.48. The summed E-state index contributed by atoms with van der Waals surface area (Å²) in [5.74, 6) is 0. The molecule has 0 amide bonds. The van der Waals surface area contributed by atoms with Gasteiger partial charge in [-0.1, -0.05) is 103 Å². The summed E-state index contributed by atoms with van der Waals surface area (Å²) in [5.41, 5.74) is 4.83. The van der Waals surface area contributed by atoms with E-state index in [1.165, 1.54) is 75.1 Å². The fourth-order valence-electron chi connectivity index (χ4n) is 6.11. The second-order valence-electron chi connectivity index (χ2n) is 10.2. The van der Waals surface area contributed by atoms with E-state index in [4.69, 9.17) is 0 Å². The molecule has 39 heavy (non-hydrogen) atoms. The van der Waals surface area contributed by atoms with Gasteiger partial charge in [0, 0.05) is 26.5 Å². The minimum atomic E-state index is 1.17. The predicted octanol–water partition coefficient (Wildman–Crippen LogP) is 11.3. The number of hydrogen-bond donors (Lipinski definition) is 0. The van der Waals surface area contributed by atoms with E-state index in [9.17, 15) is 0 Å². The summed E-state index contributed by atoms with van der Waals surface area (Å²) in [7, 11) is 0. The number of thiophene rings is 1. The van der Waals surface area contributed by atoms with Crippen molar-refractivity contribution >= 4 is 80.9 Å². The Kier molecular flexibility index (Phi) is 4.98. The molecule has 2 heteroatoms. The topological polar surface area (TPSA) is 3.24 Å². The lowest BCUT2D eigenvalue weighted by molar-refractivity contribution is 1.30. The lowest BCUT2D eigenvalue weighted by Gasteiger charge is -2.28. The van der Waals surface area contributed by atoms with Gasteiger partial charge in [0.25, 0.3) is 0 Å². The minimum absolute atomic E-state index is 1.17. The summed E-state index contributed by atoms with van der Waals surface area (Å²) in [6.07, 6.45) is 0. The first-order valence-corrected chi connectivity index (χ1v) is 14.2. The molecule has 0 fully saturated rings. The summed E-state index contributed by atoms with van der Waals surface area (Å²) in [4.78, 5) is 2.48. The van der Waals surface area contributed by atoms with E-state index in [0.717, 1.165) is 0 Å². The molecule has 0 aliphatic rings. The van der Waals surface area contributed by atoms with Crippen LogP contribution in [0.5, 0.6) is 0 Å². The lowest BCUT2D eigenvalue weighted by atomic mass is 9.95. The number of fused-ring (bicyclic) bond motifs is 8. The molecule has 0 aliphatic heterocycles. The highest BCUT2D eigenvalue weighted by molar-refractivity contribution is 7.26. The molecule has 7 aromatic carbocycles. The molecule has 184 valence electrons. The van der Waals surface area contributed by atoms with E-state index in [-0.39, 0.29) is 0 Å². The van der Waals surface area contributed by atoms with E-state index in [2.05, 4.69) is 145 Å². The zero-order valence-corrected chi connectivity index (χ0v) is 22.4. The Bertz CT molecular complexity index is 2200. The van der Waals surface area contributed by atoms with Crippen molar-refractivity contribution in [3.8, 4) is 0 Å².